The number of thioether (sulfide) groups is 1. The fourth-order valence-corrected chi connectivity index (χ4v) is 2.39. The molecule has 0 unspecified atom stereocenters. The molecular weight excluding hydrogens is 351 g/mol. The second-order valence-electron chi connectivity index (χ2n) is 3.91. The Bertz CT molecular complexity index is 542. The van der Waals surface area contributed by atoms with Gasteiger partial charge in [0.1, 0.15) is 0 Å². The van der Waals surface area contributed by atoms with Crippen molar-refractivity contribution in [2.45, 2.75) is 11.5 Å². The van der Waals surface area contributed by atoms with Crippen LogP contribution in [0.1, 0.15) is 11.1 Å². The maximum absolute atomic E-state index is 9.05. The van der Waals surface area contributed by atoms with Crippen LogP contribution in [0, 0.1) is 0 Å². The Balaban J connectivity index is 0.000000583. The van der Waals surface area contributed by atoms with Gasteiger partial charge in [-0.15, -0.1) is 0 Å². The van der Waals surface area contributed by atoms with Gasteiger partial charge in [0, 0.05) is 11.5 Å². The molecule has 0 heterocycles. The largest absolute Gasteiger partial charge is 0.152 e. The molecule has 2 aromatic carbocycles. The first-order valence-electron chi connectivity index (χ1n) is 5.80. The van der Waals surface area contributed by atoms with Crippen LogP contribution in [0.2, 0.25) is 0 Å². The van der Waals surface area contributed by atoms with E-state index < -0.39 is 9.15 Å². The molecule has 0 aliphatic carbocycles. The van der Waals surface area contributed by atoms with E-state index >= 15 is 0 Å². The Morgan fingerprint density at radius 1 is 0.857 bits per heavy atom. The van der Waals surface area contributed by atoms with Crippen LogP contribution in [0.3, 0.4) is 0 Å². The number of hydrogen-bond donors (Lipinski definition) is 2. The van der Waals surface area contributed by atoms with Gasteiger partial charge in [-0.3, -0.25) is 4.55 Å². The van der Waals surface area contributed by atoms with Gasteiger partial charge in [0.2, 0.25) is 0 Å². The van der Waals surface area contributed by atoms with E-state index in [4.69, 9.17) is 13.0 Å². The van der Waals surface area contributed by atoms with Crippen molar-refractivity contribution in [3.05, 3.63) is 71.8 Å². The second kappa shape index (κ2) is 12.2. The number of thiol groups is 1. The molecule has 0 aliphatic heterocycles. The minimum atomic E-state index is -3.97. The molecule has 0 aliphatic rings. The molecule has 21 heavy (non-hydrogen) atoms. The van der Waals surface area contributed by atoms with Gasteiger partial charge in [0.05, 0.1) is 0 Å². The van der Waals surface area contributed by atoms with E-state index in [1.54, 1.807) is 0 Å². The van der Waals surface area contributed by atoms with E-state index in [2.05, 4.69) is 72.3 Å². The third-order valence-electron chi connectivity index (χ3n) is 2.22. The molecule has 1 N–H and O–H groups in total. The summed E-state index contributed by atoms with van der Waals surface area (Å²) in [6.45, 7) is 0. The number of hydrogen-bond acceptors (Lipinski definition) is 3. The molecule has 2 rings (SSSR count). The quantitative estimate of drug-likeness (QED) is 0.377. The van der Waals surface area contributed by atoms with Gasteiger partial charge in [-0.2, -0.15) is 20.2 Å². The molecule has 0 bridgehead atoms. The summed E-state index contributed by atoms with van der Waals surface area (Å²) in [4.78, 5) is 0. The van der Waals surface area contributed by atoms with Crippen LogP contribution in [0.5, 0.6) is 0 Å². The number of benzene rings is 2. The fraction of sp³-hybridized carbons (Fsp3) is 0.143. The van der Waals surface area contributed by atoms with Gasteiger partial charge in [0.25, 0.3) is 0 Å². The molecule has 110 valence electrons. The van der Waals surface area contributed by atoms with Crippen LogP contribution in [0.15, 0.2) is 60.7 Å². The molecule has 0 saturated heterocycles. The molecule has 0 radical (unpaired) electrons. The van der Waals surface area contributed by atoms with Crippen molar-refractivity contribution in [2.24, 2.45) is 0 Å². The van der Waals surface area contributed by atoms with E-state index in [1.807, 2.05) is 11.8 Å². The van der Waals surface area contributed by atoms with Gasteiger partial charge in [0.15, 0.2) is 0 Å². The molecule has 2 aromatic rings. The maximum Gasteiger partial charge on any atom is 0.0187 e. The molecule has 0 amide bonds. The Morgan fingerprint density at radius 2 is 1.14 bits per heavy atom. The average molecular weight is 369 g/mol. The van der Waals surface area contributed by atoms with Crippen LogP contribution >= 0.6 is 23.4 Å². The molecule has 0 spiro atoms. The summed E-state index contributed by atoms with van der Waals surface area (Å²) in [6.07, 6.45) is 0. The molecule has 0 atom stereocenters. The van der Waals surface area contributed by atoms with Crippen molar-refractivity contribution >= 4 is 84.0 Å². The zero-order valence-electron chi connectivity index (χ0n) is 10.7. The van der Waals surface area contributed by atoms with E-state index in [-0.39, 0.29) is 51.4 Å². The van der Waals surface area contributed by atoms with E-state index in [0.29, 0.717) is 0 Å². The van der Waals surface area contributed by atoms with E-state index in [0.717, 1.165) is 11.5 Å². The normalized spacial score (nSPS) is 10.0. The Kier molecular flexibility index (Phi) is 12.5. The maximum atomic E-state index is 9.05. The predicted molar refractivity (Wildman–Crippen MR) is 95.6 cm³/mol. The van der Waals surface area contributed by atoms with Gasteiger partial charge in [-0.25, -0.2) is 0 Å². The summed E-state index contributed by atoms with van der Waals surface area (Å²) in [7, 11) is -3.97. The van der Waals surface area contributed by atoms with E-state index in [1.165, 1.54) is 11.1 Å². The van der Waals surface area contributed by atoms with Gasteiger partial charge < -0.3 is 0 Å². The van der Waals surface area contributed by atoms with Crippen molar-refractivity contribution in [1.82, 2.24) is 0 Å². The predicted octanol–water partition coefficient (Wildman–Crippen LogP) is 3.19. The third-order valence-corrected chi connectivity index (χ3v) is 3.30. The SMILES string of the molecule is O=S(=O)(O)S.[KH].c1ccc(CSCc2ccccc2)cc1. The Labute approximate surface area is 177 Å². The summed E-state index contributed by atoms with van der Waals surface area (Å²) in [5, 5.41) is 0. The van der Waals surface area contributed by atoms with Gasteiger partial charge >= 0.3 is 60.5 Å². The molecule has 0 fully saturated rings. The first-order valence-corrected chi connectivity index (χ1v) is 9.45. The van der Waals surface area contributed by atoms with Crippen molar-refractivity contribution < 1.29 is 13.0 Å². The molecule has 3 nitrogen and oxygen atoms in total. The second-order valence-corrected chi connectivity index (χ2v) is 7.18. The van der Waals surface area contributed by atoms with Crippen LogP contribution < -0.4 is 0 Å². The minimum absolute atomic E-state index is 0. The van der Waals surface area contributed by atoms with Crippen molar-refractivity contribution in [1.29, 1.82) is 0 Å². The topological polar surface area (TPSA) is 54.4 Å². The molecule has 0 aromatic heterocycles. The third kappa shape index (κ3) is 14.0. The monoisotopic (exact) mass is 368 g/mol. The van der Waals surface area contributed by atoms with Crippen LogP contribution in [0.4, 0.5) is 0 Å². The van der Waals surface area contributed by atoms with Crippen molar-refractivity contribution in [2.75, 3.05) is 0 Å². The Hall–Kier alpha value is 0.686. The summed E-state index contributed by atoms with van der Waals surface area (Å²) in [6, 6.07) is 21.2. The van der Waals surface area contributed by atoms with E-state index in [9.17, 15) is 0 Å². The zero-order valence-corrected chi connectivity index (χ0v) is 13.2. The van der Waals surface area contributed by atoms with Crippen molar-refractivity contribution in [3.63, 3.8) is 0 Å². The summed E-state index contributed by atoms with van der Waals surface area (Å²) in [5.74, 6) is 2.19. The summed E-state index contributed by atoms with van der Waals surface area (Å²) in [5.41, 5.74) is 2.80. The Morgan fingerprint density at radius 3 is 1.43 bits per heavy atom. The molecule has 0 saturated carbocycles. The standard InChI is InChI=1S/C14H14S.K.H2O3S2.H/c1-3-7-13(8-4-1)11-15-12-14-9-5-2-6-10-14;;1-5(2,3)4;/h1-10H,11-12H2;;(H2,1,2,3,4);. The number of rotatable bonds is 4. The summed E-state index contributed by atoms with van der Waals surface area (Å²) >= 11 is 4.61. The smallest absolute Gasteiger partial charge is 0.0187 e. The van der Waals surface area contributed by atoms with Crippen LogP contribution in [0.25, 0.3) is 0 Å². The van der Waals surface area contributed by atoms with Crippen LogP contribution in [-0.4, -0.2) is 64.4 Å². The van der Waals surface area contributed by atoms with Gasteiger partial charge in [-0.05, 0) is 22.8 Å². The first kappa shape index (κ1) is 21.7. The molecule has 7 heteroatoms. The first-order chi connectivity index (χ1) is 9.45. The zero-order chi connectivity index (χ0) is 14.8. The van der Waals surface area contributed by atoms with Crippen molar-refractivity contribution in [3.8, 4) is 0 Å². The van der Waals surface area contributed by atoms with Gasteiger partial charge in [-0.1, -0.05) is 60.7 Å². The summed E-state index contributed by atoms with van der Waals surface area (Å²) < 4.78 is 25.5. The molecular formula is C14H17KO3S3. The minimum Gasteiger partial charge on any atom is -0.152 e. The average Bonchev–Trinajstić information content (AvgIpc) is 2.39. The van der Waals surface area contributed by atoms with Crippen LogP contribution in [-0.2, 0) is 20.7 Å². The fourth-order valence-electron chi connectivity index (χ4n) is 1.44.